The van der Waals surface area contributed by atoms with E-state index < -0.39 is 12.2 Å². The molecule has 0 saturated carbocycles. The van der Waals surface area contributed by atoms with Gasteiger partial charge in [0.1, 0.15) is 0 Å². The van der Waals surface area contributed by atoms with Crippen molar-refractivity contribution in [2.24, 2.45) is 0 Å². The van der Waals surface area contributed by atoms with Crippen molar-refractivity contribution in [3.05, 3.63) is 18.6 Å². The number of allylic oxidation sites excluding steroid dienone is 1. The van der Waals surface area contributed by atoms with Crippen LogP contribution >= 0.6 is 0 Å². The van der Waals surface area contributed by atoms with E-state index >= 15 is 0 Å². The Morgan fingerprint density at radius 3 is 2.22 bits per heavy atom. The smallest absolute Gasteiger partial charge is 0.0977 e. The molecule has 0 aliphatic rings. The highest BCUT2D eigenvalue weighted by Gasteiger charge is 2.03. The molecule has 0 heterocycles. The van der Waals surface area contributed by atoms with Crippen LogP contribution in [0.2, 0.25) is 0 Å². The molecule has 2 unspecified atom stereocenters. The summed E-state index contributed by atoms with van der Waals surface area (Å²) in [5.74, 6) is 0. The summed E-state index contributed by atoms with van der Waals surface area (Å²) in [6, 6.07) is 0. The van der Waals surface area contributed by atoms with E-state index in [1.165, 1.54) is 0 Å². The first-order valence-corrected chi connectivity index (χ1v) is 3.00. The zero-order valence-corrected chi connectivity index (χ0v) is 5.78. The van der Waals surface area contributed by atoms with Crippen LogP contribution in [0.4, 0.5) is 0 Å². The second-order valence-corrected chi connectivity index (χ2v) is 1.95. The first-order valence-electron chi connectivity index (χ1n) is 3.00. The Balaban J connectivity index is 3.48. The second-order valence-electron chi connectivity index (χ2n) is 1.95. The van der Waals surface area contributed by atoms with E-state index in [0.717, 1.165) is 0 Å². The second kappa shape index (κ2) is 4.53. The zero-order chi connectivity index (χ0) is 7.28. The molecular formula is C7H13O2. The van der Waals surface area contributed by atoms with Gasteiger partial charge in [0.05, 0.1) is 12.2 Å². The Hall–Kier alpha value is -0.340. The van der Waals surface area contributed by atoms with Gasteiger partial charge in [-0.25, -0.2) is 0 Å². The highest BCUT2D eigenvalue weighted by atomic mass is 16.3. The van der Waals surface area contributed by atoms with Crippen LogP contribution in [0.5, 0.6) is 0 Å². The SMILES string of the molecule is C[CH]C=CC(O)C(C)O. The van der Waals surface area contributed by atoms with E-state index in [1.807, 2.05) is 6.92 Å². The number of aliphatic hydroxyl groups is 2. The van der Waals surface area contributed by atoms with Crippen molar-refractivity contribution in [2.75, 3.05) is 0 Å². The van der Waals surface area contributed by atoms with Crippen LogP contribution in [0.15, 0.2) is 12.2 Å². The molecule has 0 aliphatic heterocycles. The van der Waals surface area contributed by atoms with Crippen LogP contribution in [0.3, 0.4) is 0 Å². The molecule has 0 aromatic carbocycles. The summed E-state index contributed by atoms with van der Waals surface area (Å²) in [6.07, 6.45) is 3.63. The molecule has 0 spiro atoms. The lowest BCUT2D eigenvalue weighted by atomic mass is 10.2. The maximum absolute atomic E-state index is 8.90. The van der Waals surface area contributed by atoms with Gasteiger partial charge in [0, 0.05) is 0 Å². The standard InChI is InChI=1S/C7H13O2/c1-3-4-5-7(9)6(2)8/h3-9H,1-2H3. The monoisotopic (exact) mass is 129 g/mol. The minimum absolute atomic E-state index is 0.679. The molecule has 0 saturated heterocycles. The molecule has 0 aromatic rings. The predicted molar refractivity (Wildman–Crippen MR) is 36.8 cm³/mol. The third-order valence-electron chi connectivity index (χ3n) is 0.995. The average Bonchev–Trinajstić information content (AvgIpc) is 1.82. The average molecular weight is 129 g/mol. The summed E-state index contributed by atoms with van der Waals surface area (Å²) >= 11 is 0. The Kier molecular flexibility index (Phi) is 4.36. The molecule has 2 nitrogen and oxygen atoms in total. The molecule has 0 aliphatic carbocycles. The highest BCUT2D eigenvalue weighted by Crippen LogP contribution is 1.93. The minimum atomic E-state index is -0.735. The van der Waals surface area contributed by atoms with Gasteiger partial charge in [-0.3, -0.25) is 0 Å². The fourth-order valence-corrected chi connectivity index (χ4v) is 0.386. The summed E-state index contributed by atoms with van der Waals surface area (Å²) in [5, 5.41) is 17.6. The fraction of sp³-hybridized carbons (Fsp3) is 0.571. The van der Waals surface area contributed by atoms with Gasteiger partial charge < -0.3 is 10.2 Å². The topological polar surface area (TPSA) is 40.5 Å². The van der Waals surface area contributed by atoms with Gasteiger partial charge >= 0.3 is 0 Å². The number of hydrogen-bond acceptors (Lipinski definition) is 2. The molecule has 0 rings (SSSR count). The van der Waals surface area contributed by atoms with Gasteiger partial charge in [-0.2, -0.15) is 0 Å². The van der Waals surface area contributed by atoms with Crippen molar-refractivity contribution in [3.63, 3.8) is 0 Å². The Bertz CT molecular complexity index is 86.9. The first kappa shape index (κ1) is 8.66. The van der Waals surface area contributed by atoms with E-state index in [0.29, 0.717) is 0 Å². The van der Waals surface area contributed by atoms with Gasteiger partial charge in [0.2, 0.25) is 0 Å². The molecule has 9 heavy (non-hydrogen) atoms. The summed E-state index contributed by atoms with van der Waals surface area (Å²) < 4.78 is 0. The maximum atomic E-state index is 8.90. The van der Waals surface area contributed by atoms with Gasteiger partial charge in [-0.1, -0.05) is 19.1 Å². The van der Waals surface area contributed by atoms with Crippen LogP contribution in [0.25, 0.3) is 0 Å². The summed E-state index contributed by atoms with van der Waals surface area (Å²) in [7, 11) is 0. The third kappa shape index (κ3) is 4.18. The summed E-state index contributed by atoms with van der Waals surface area (Å²) in [4.78, 5) is 0. The van der Waals surface area contributed by atoms with E-state index in [1.54, 1.807) is 25.5 Å². The largest absolute Gasteiger partial charge is 0.390 e. The number of hydrogen-bond donors (Lipinski definition) is 2. The molecule has 0 bridgehead atoms. The van der Waals surface area contributed by atoms with Crippen LogP contribution in [-0.2, 0) is 0 Å². The van der Waals surface area contributed by atoms with Gasteiger partial charge in [0.25, 0.3) is 0 Å². The molecular weight excluding hydrogens is 116 g/mol. The molecule has 2 N–H and O–H groups in total. The minimum Gasteiger partial charge on any atom is -0.390 e. The normalized spacial score (nSPS) is 18.2. The maximum Gasteiger partial charge on any atom is 0.0977 e. The third-order valence-corrected chi connectivity index (χ3v) is 0.995. The lowest BCUT2D eigenvalue weighted by Crippen LogP contribution is -2.19. The van der Waals surface area contributed by atoms with Crippen LogP contribution in [-0.4, -0.2) is 22.4 Å². The van der Waals surface area contributed by atoms with E-state index in [4.69, 9.17) is 10.2 Å². The number of aliphatic hydroxyl groups excluding tert-OH is 2. The molecule has 1 radical (unpaired) electrons. The van der Waals surface area contributed by atoms with E-state index in [2.05, 4.69) is 0 Å². The Morgan fingerprint density at radius 1 is 1.33 bits per heavy atom. The highest BCUT2D eigenvalue weighted by molar-refractivity contribution is 4.97. The van der Waals surface area contributed by atoms with E-state index in [-0.39, 0.29) is 0 Å². The summed E-state index contributed by atoms with van der Waals surface area (Å²) in [5.41, 5.74) is 0. The van der Waals surface area contributed by atoms with Crippen molar-refractivity contribution in [1.82, 2.24) is 0 Å². The van der Waals surface area contributed by atoms with Crippen LogP contribution in [0.1, 0.15) is 13.8 Å². The molecule has 0 aromatic heterocycles. The van der Waals surface area contributed by atoms with Crippen LogP contribution < -0.4 is 0 Å². The number of rotatable bonds is 3. The predicted octanol–water partition coefficient (Wildman–Crippen LogP) is 0.508. The van der Waals surface area contributed by atoms with Crippen LogP contribution in [0, 0.1) is 6.42 Å². The summed E-state index contributed by atoms with van der Waals surface area (Å²) in [6.45, 7) is 3.40. The van der Waals surface area contributed by atoms with Crippen molar-refractivity contribution in [3.8, 4) is 0 Å². The Labute approximate surface area is 55.8 Å². The van der Waals surface area contributed by atoms with Crippen molar-refractivity contribution >= 4 is 0 Å². The molecule has 0 fully saturated rings. The van der Waals surface area contributed by atoms with Gasteiger partial charge in [-0.05, 0) is 13.3 Å². The first-order chi connectivity index (χ1) is 4.18. The van der Waals surface area contributed by atoms with Crippen molar-refractivity contribution in [2.45, 2.75) is 26.1 Å². The lowest BCUT2D eigenvalue weighted by Gasteiger charge is -2.06. The van der Waals surface area contributed by atoms with Gasteiger partial charge in [-0.15, -0.1) is 0 Å². The van der Waals surface area contributed by atoms with Crippen molar-refractivity contribution in [1.29, 1.82) is 0 Å². The molecule has 2 atom stereocenters. The Morgan fingerprint density at radius 2 is 1.89 bits per heavy atom. The molecule has 0 amide bonds. The molecule has 53 valence electrons. The van der Waals surface area contributed by atoms with E-state index in [9.17, 15) is 0 Å². The van der Waals surface area contributed by atoms with Gasteiger partial charge in [0.15, 0.2) is 0 Å². The zero-order valence-electron chi connectivity index (χ0n) is 5.78. The molecule has 2 heteroatoms. The van der Waals surface area contributed by atoms with Crippen molar-refractivity contribution < 1.29 is 10.2 Å². The fourth-order valence-electron chi connectivity index (χ4n) is 0.386. The lowest BCUT2D eigenvalue weighted by molar-refractivity contribution is 0.0619. The quantitative estimate of drug-likeness (QED) is 0.583.